The van der Waals surface area contributed by atoms with Crippen molar-refractivity contribution < 1.29 is 9.47 Å². The van der Waals surface area contributed by atoms with Crippen LogP contribution in [-0.2, 0) is 6.54 Å². The molecule has 0 saturated carbocycles. The van der Waals surface area contributed by atoms with Gasteiger partial charge in [0.05, 0.1) is 24.6 Å². The van der Waals surface area contributed by atoms with Gasteiger partial charge in [-0.2, -0.15) is 0 Å². The van der Waals surface area contributed by atoms with Crippen LogP contribution in [0.15, 0.2) is 77.6 Å². The highest BCUT2D eigenvalue weighted by atomic mass is 16.5. The predicted molar refractivity (Wildman–Crippen MR) is 142 cm³/mol. The van der Waals surface area contributed by atoms with E-state index in [9.17, 15) is 4.79 Å². The molecule has 5 nitrogen and oxygen atoms in total. The van der Waals surface area contributed by atoms with Crippen LogP contribution >= 0.6 is 0 Å². The van der Waals surface area contributed by atoms with Crippen molar-refractivity contribution in [2.24, 2.45) is 0 Å². The lowest BCUT2D eigenvalue weighted by atomic mass is 10.0. The van der Waals surface area contributed by atoms with Crippen molar-refractivity contribution in [3.8, 4) is 22.9 Å². The van der Waals surface area contributed by atoms with Crippen molar-refractivity contribution in [1.82, 2.24) is 9.55 Å². The summed E-state index contributed by atoms with van der Waals surface area (Å²) in [5.41, 5.74) is 2.89. The SMILES string of the molecule is COc1ccc(-c2nc3ccccc3c(=O)n2CCCCCCOc2ccccc2C(C)C)cc1. The molecular formula is C30H34N2O3. The summed E-state index contributed by atoms with van der Waals surface area (Å²) in [6, 6.07) is 23.5. The summed E-state index contributed by atoms with van der Waals surface area (Å²) in [7, 11) is 1.65. The Bertz CT molecular complexity index is 1310. The second kappa shape index (κ2) is 11.7. The van der Waals surface area contributed by atoms with E-state index in [4.69, 9.17) is 14.5 Å². The van der Waals surface area contributed by atoms with Gasteiger partial charge >= 0.3 is 0 Å². The molecule has 182 valence electrons. The van der Waals surface area contributed by atoms with E-state index in [1.54, 1.807) is 7.11 Å². The second-order valence-corrected chi connectivity index (χ2v) is 9.09. The molecule has 0 bridgehead atoms. The number of methoxy groups -OCH3 is 1. The zero-order valence-electron chi connectivity index (χ0n) is 20.9. The largest absolute Gasteiger partial charge is 0.497 e. The molecule has 0 unspecified atom stereocenters. The standard InChI is InChI=1S/C30H34N2O3/c1-22(2)25-12-7-9-15-28(25)35-21-11-5-4-10-20-32-29(23-16-18-24(34-3)19-17-23)31-27-14-8-6-13-26(27)30(32)33/h6-9,12-19,22H,4-5,10-11,20-21H2,1-3H3. The summed E-state index contributed by atoms with van der Waals surface area (Å²) in [5.74, 6) is 2.91. The fraction of sp³-hybridized carbons (Fsp3) is 0.333. The van der Waals surface area contributed by atoms with Gasteiger partial charge in [-0.15, -0.1) is 0 Å². The van der Waals surface area contributed by atoms with Crippen molar-refractivity contribution in [3.63, 3.8) is 0 Å². The molecule has 1 aromatic heterocycles. The van der Waals surface area contributed by atoms with E-state index in [-0.39, 0.29) is 5.56 Å². The Kier molecular flexibility index (Phi) is 8.19. The van der Waals surface area contributed by atoms with Crippen molar-refractivity contribution in [2.75, 3.05) is 13.7 Å². The first-order chi connectivity index (χ1) is 17.1. The molecule has 3 aromatic carbocycles. The maximum atomic E-state index is 13.3. The molecule has 0 atom stereocenters. The van der Waals surface area contributed by atoms with Gasteiger partial charge in [0.1, 0.15) is 17.3 Å². The molecule has 0 fully saturated rings. The van der Waals surface area contributed by atoms with Gasteiger partial charge in [-0.05, 0) is 66.8 Å². The molecule has 0 saturated heterocycles. The number of rotatable bonds is 11. The van der Waals surface area contributed by atoms with Crippen molar-refractivity contribution >= 4 is 10.9 Å². The fourth-order valence-corrected chi connectivity index (χ4v) is 4.33. The molecule has 0 spiro atoms. The van der Waals surface area contributed by atoms with Gasteiger partial charge in [0.15, 0.2) is 0 Å². The van der Waals surface area contributed by atoms with Crippen LogP contribution in [0, 0.1) is 0 Å². The molecule has 1 heterocycles. The Balaban J connectivity index is 1.40. The summed E-state index contributed by atoms with van der Waals surface area (Å²) in [6.45, 7) is 5.71. The third kappa shape index (κ3) is 5.91. The highest BCUT2D eigenvalue weighted by Crippen LogP contribution is 2.26. The van der Waals surface area contributed by atoms with Crippen LogP contribution < -0.4 is 15.0 Å². The first-order valence-electron chi connectivity index (χ1n) is 12.4. The van der Waals surface area contributed by atoms with E-state index in [0.717, 1.165) is 48.3 Å². The Morgan fingerprint density at radius 3 is 2.34 bits per heavy atom. The van der Waals surface area contributed by atoms with Gasteiger partial charge in [-0.3, -0.25) is 9.36 Å². The Morgan fingerprint density at radius 2 is 1.57 bits per heavy atom. The molecule has 0 aliphatic rings. The van der Waals surface area contributed by atoms with E-state index < -0.39 is 0 Å². The van der Waals surface area contributed by atoms with Gasteiger partial charge in [-0.25, -0.2) is 4.98 Å². The summed E-state index contributed by atoms with van der Waals surface area (Å²) >= 11 is 0. The van der Waals surface area contributed by atoms with Crippen molar-refractivity contribution in [2.45, 2.75) is 52.0 Å². The molecule has 4 rings (SSSR count). The van der Waals surface area contributed by atoms with E-state index in [0.29, 0.717) is 30.3 Å². The van der Waals surface area contributed by atoms with Crippen LogP contribution in [0.4, 0.5) is 0 Å². The number of hydrogen-bond donors (Lipinski definition) is 0. The normalized spacial score (nSPS) is 11.2. The first-order valence-corrected chi connectivity index (χ1v) is 12.4. The van der Waals surface area contributed by atoms with Gasteiger partial charge in [0.2, 0.25) is 0 Å². The summed E-state index contributed by atoms with van der Waals surface area (Å²) in [5, 5.41) is 0.655. The minimum absolute atomic E-state index is 0.00930. The molecule has 0 radical (unpaired) electrons. The first kappa shape index (κ1) is 24.5. The third-order valence-electron chi connectivity index (χ3n) is 6.28. The Hall–Kier alpha value is -3.60. The van der Waals surface area contributed by atoms with Crippen LogP contribution in [0.3, 0.4) is 0 Å². The monoisotopic (exact) mass is 470 g/mol. The number of aromatic nitrogens is 2. The lowest BCUT2D eigenvalue weighted by Crippen LogP contribution is -2.23. The maximum absolute atomic E-state index is 13.3. The minimum atomic E-state index is 0.00930. The number of fused-ring (bicyclic) bond motifs is 1. The van der Waals surface area contributed by atoms with E-state index in [1.807, 2.05) is 59.2 Å². The minimum Gasteiger partial charge on any atom is -0.497 e. The number of unbranched alkanes of at least 4 members (excludes halogenated alkanes) is 3. The highest BCUT2D eigenvalue weighted by Gasteiger charge is 2.13. The van der Waals surface area contributed by atoms with Crippen LogP contribution in [0.5, 0.6) is 11.5 Å². The molecule has 4 aromatic rings. The van der Waals surface area contributed by atoms with Gasteiger partial charge in [0, 0.05) is 12.1 Å². The molecule has 0 N–H and O–H groups in total. The highest BCUT2D eigenvalue weighted by molar-refractivity contribution is 5.79. The number of para-hydroxylation sites is 2. The van der Waals surface area contributed by atoms with Gasteiger partial charge in [0.25, 0.3) is 5.56 Å². The summed E-state index contributed by atoms with van der Waals surface area (Å²) in [6.07, 6.45) is 3.97. The smallest absolute Gasteiger partial charge is 0.261 e. The van der Waals surface area contributed by atoms with E-state index in [2.05, 4.69) is 32.0 Å². The van der Waals surface area contributed by atoms with Crippen LogP contribution in [0.1, 0.15) is 51.0 Å². The maximum Gasteiger partial charge on any atom is 0.261 e. The number of nitrogens with zero attached hydrogens (tertiary/aromatic N) is 2. The number of benzene rings is 3. The molecule has 5 heteroatoms. The quantitative estimate of drug-likeness (QED) is 0.225. The average molecular weight is 471 g/mol. The van der Waals surface area contributed by atoms with Crippen LogP contribution in [0.25, 0.3) is 22.3 Å². The molecule has 0 aliphatic carbocycles. The van der Waals surface area contributed by atoms with Crippen LogP contribution in [-0.4, -0.2) is 23.3 Å². The third-order valence-corrected chi connectivity index (χ3v) is 6.28. The van der Waals surface area contributed by atoms with E-state index >= 15 is 0 Å². The topological polar surface area (TPSA) is 53.3 Å². The average Bonchev–Trinajstić information content (AvgIpc) is 2.89. The molecule has 35 heavy (non-hydrogen) atoms. The lowest BCUT2D eigenvalue weighted by Gasteiger charge is -2.15. The zero-order valence-corrected chi connectivity index (χ0v) is 20.9. The van der Waals surface area contributed by atoms with Crippen molar-refractivity contribution in [3.05, 3.63) is 88.7 Å². The van der Waals surface area contributed by atoms with Crippen LogP contribution in [0.2, 0.25) is 0 Å². The fourth-order valence-electron chi connectivity index (χ4n) is 4.33. The second-order valence-electron chi connectivity index (χ2n) is 9.09. The number of hydrogen-bond acceptors (Lipinski definition) is 4. The summed E-state index contributed by atoms with van der Waals surface area (Å²) in [4.78, 5) is 18.2. The molecular weight excluding hydrogens is 436 g/mol. The zero-order chi connectivity index (χ0) is 24.6. The van der Waals surface area contributed by atoms with E-state index in [1.165, 1.54) is 5.56 Å². The number of ether oxygens (including phenoxy) is 2. The van der Waals surface area contributed by atoms with Gasteiger partial charge < -0.3 is 9.47 Å². The van der Waals surface area contributed by atoms with Crippen molar-refractivity contribution in [1.29, 1.82) is 0 Å². The lowest BCUT2D eigenvalue weighted by molar-refractivity contribution is 0.300. The van der Waals surface area contributed by atoms with Gasteiger partial charge in [-0.1, -0.05) is 57.0 Å². The molecule has 0 aliphatic heterocycles. The summed E-state index contributed by atoms with van der Waals surface area (Å²) < 4.78 is 13.2. The Morgan fingerprint density at radius 1 is 0.857 bits per heavy atom. The predicted octanol–water partition coefficient (Wildman–Crippen LogP) is 6.83. The molecule has 0 amide bonds. The Labute approximate surface area is 207 Å².